The van der Waals surface area contributed by atoms with Crippen molar-refractivity contribution in [1.82, 2.24) is 15.3 Å². The highest BCUT2D eigenvalue weighted by molar-refractivity contribution is 5.85. The lowest BCUT2D eigenvalue weighted by Crippen LogP contribution is -2.01. The van der Waals surface area contributed by atoms with E-state index in [0.29, 0.717) is 0 Å². The number of halogens is 2. The summed E-state index contributed by atoms with van der Waals surface area (Å²) in [7, 11) is 0. The summed E-state index contributed by atoms with van der Waals surface area (Å²) < 4.78 is 0. The Hall–Kier alpha value is -0.250. The largest absolute Gasteiger partial charge is 0.347 e. The van der Waals surface area contributed by atoms with E-state index in [9.17, 15) is 0 Å². The number of nitrogens with one attached hydrogen (secondary N) is 2. The van der Waals surface area contributed by atoms with Crippen molar-refractivity contribution in [3.63, 3.8) is 0 Å². The minimum atomic E-state index is 0. The Bertz CT molecular complexity index is 180. The average molecular weight is 182 g/mol. The molecule has 0 fully saturated rings. The lowest BCUT2D eigenvalue weighted by molar-refractivity contribution is 0.743. The number of hydrogen-bond acceptors (Lipinski definition) is 2. The number of aromatic amines is 1. The van der Waals surface area contributed by atoms with Crippen molar-refractivity contribution in [3.8, 4) is 0 Å². The molecule has 0 aromatic carbocycles. The van der Waals surface area contributed by atoms with E-state index in [-0.39, 0.29) is 24.8 Å². The Balaban J connectivity index is 0.000000405. The first-order chi connectivity index (χ1) is 3.97. The average Bonchev–Trinajstić information content (AvgIpc) is 2.15. The van der Waals surface area contributed by atoms with E-state index in [0.717, 1.165) is 13.1 Å². The number of hydrogen-bond donors (Lipinski definition) is 2. The van der Waals surface area contributed by atoms with E-state index >= 15 is 0 Å². The minimum absolute atomic E-state index is 0. The van der Waals surface area contributed by atoms with E-state index in [1.807, 2.05) is 0 Å². The van der Waals surface area contributed by atoms with Crippen LogP contribution >= 0.6 is 24.8 Å². The summed E-state index contributed by atoms with van der Waals surface area (Å²) in [6, 6.07) is 0. The molecule has 0 bridgehead atoms. The van der Waals surface area contributed by atoms with Crippen molar-refractivity contribution in [1.29, 1.82) is 0 Å². The number of imidazole rings is 1. The Morgan fingerprint density at radius 1 is 1.30 bits per heavy atom. The van der Waals surface area contributed by atoms with E-state index in [4.69, 9.17) is 0 Å². The molecule has 10 heavy (non-hydrogen) atoms. The van der Waals surface area contributed by atoms with Crippen LogP contribution in [0.4, 0.5) is 0 Å². The number of fused-ring (bicyclic) bond motifs is 1. The van der Waals surface area contributed by atoms with Gasteiger partial charge >= 0.3 is 0 Å². The standard InChI is InChI=1S/C5H7N3.2ClH/c1-4-5(2-6-1)8-3-7-4;;/h3,6H,1-2H2,(H,7,8);2*1H. The van der Waals surface area contributed by atoms with Gasteiger partial charge in [-0.05, 0) is 0 Å². The summed E-state index contributed by atoms with van der Waals surface area (Å²) in [5, 5.41) is 3.17. The first-order valence-electron chi connectivity index (χ1n) is 2.68. The van der Waals surface area contributed by atoms with E-state index in [1.165, 1.54) is 11.4 Å². The van der Waals surface area contributed by atoms with Crippen molar-refractivity contribution < 1.29 is 0 Å². The van der Waals surface area contributed by atoms with Gasteiger partial charge in [0.25, 0.3) is 0 Å². The summed E-state index contributed by atoms with van der Waals surface area (Å²) >= 11 is 0. The number of aromatic nitrogens is 2. The van der Waals surface area contributed by atoms with Gasteiger partial charge in [-0.15, -0.1) is 24.8 Å². The zero-order valence-electron chi connectivity index (χ0n) is 5.26. The molecule has 58 valence electrons. The van der Waals surface area contributed by atoms with Gasteiger partial charge in [-0.2, -0.15) is 0 Å². The molecule has 0 spiro atoms. The van der Waals surface area contributed by atoms with Crippen LogP contribution in [0.25, 0.3) is 0 Å². The molecule has 0 radical (unpaired) electrons. The van der Waals surface area contributed by atoms with Gasteiger partial charge in [0.2, 0.25) is 0 Å². The van der Waals surface area contributed by atoms with E-state index < -0.39 is 0 Å². The van der Waals surface area contributed by atoms with E-state index in [1.54, 1.807) is 6.33 Å². The molecule has 1 aromatic heterocycles. The molecule has 0 atom stereocenters. The third-order valence-corrected chi connectivity index (χ3v) is 1.40. The summed E-state index contributed by atoms with van der Waals surface area (Å²) in [6.07, 6.45) is 1.74. The summed E-state index contributed by atoms with van der Waals surface area (Å²) in [4.78, 5) is 7.12. The molecule has 2 heterocycles. The predicted molar refractivity (Wildman–Crippen MR) is 43.6 cm³/mol. The molecule has 5 heteroatoms. The van der Waals surface area contributed by atoms with Crippen LogP contribution in [0.5, 0.6) is 0 Å². The maximum Gasteiger partial charge on any atom is 0.0926 e. The van der Waals surface area contributed by atoms with Gasteiger partial charge in [0, 0.05) is 13.1 Å². The zero-order valence-corrected chi connectivity index (χ0v) is 6.89. The highest BCUT2D eigenvalue weighted by atomic mass is 35.5. The third kappa shape index (κ3) is 1.42. The summed E-state index contributed by atoms with van der Waals surface area (Å²) in [5.41, 5.74) is 2.41. The first-order valence-corrected chi connectivity index (χ1v) is 2.68. The molecular formula is C5H9Cl2N3. The van der Waals surface area contributed by atoms with Gasteiger partial charge < -0.3 is 10.3 Å². The van der Waals surface area contributed by atoms with Gasteiger partial charge in [-0.25, -0.2) is 4.98 Å². The molecule has 1 aliphatic rings. The maximum atomic E-state index is 4.08. The molecule has 0 saturated heterocycles. The second-order valence-electron chi connectivity index (χ2n) is 1.93. The third-order valence-electron chi connectivity index (χ3n) is 1.40. The van der Waals surface area contributed by atoms with Crippen LogP contribution in [0.1, 0.15) is 11.4 Å². The van der Waals surface area contributed by atoms with Gasteiger partial charge in [-0.1, -0.05) is 0 Å². The van der Waals surface area contributed by atoms with Crippen LogP contribution in [0.15, 0.2) is 6.33 Å². The van der Waals surface area contributed by atoms with Gasteiger partial charge in [0.15, 0.2) is 0 Å². The molecule has 0 saturated carbocycles. The summed E-state index contributed by atoms with van der Waals surface area (Å²) in [6.45, 7) is 1.88. The topological polar surface area (TPSA) is 40.7 Å². The fourth-order valence-electron chi connectivity index (χ4n) is 0.961. The Morgan fingerprint density at radius 2 is 2.10 bits per heavy atom. The maximum absolute atomic E-state index is 4.08. The van der Waals surface area contributed by atoms with Crippen LogP contribution in [0, 0.1) is 0 Å². The van der Waals surface area contributed by atoms with Crippen molar-refractivity contribution in [2.45, 2.75) is 13.1 Å². The highest BCUT2D eigenvalue weighted by Crippen LogP contribution is 2.07. The molecule has 0 unspecified atom stereocenters. The molecule has 0 amide bonds. The first kappa shape index (κ1) is 9.75. The van der Waals surface area contributed by atoms with Crippen molar-refractivity contribution in [2.75, 3.05) is 0 Å². The van der Waals surface area contributed by atoms with Crippen molar-refractivity contribution >= 4 is 24.8 Å². The molecule has 2 N–H and O–H groups in total. The SMILES string of the molecule is Cl.Cl.c1nc2c([nH]1)CNC2. The van der Waals surface area contributed by atoms with Crippen molar-refractivity contribution in [3.05, 3.63) is 17.7 Å². The minimum Gasteiger partial charge on any atom is -0.347 e. The lowest BCUT2D eigenvalue weighted by atomic mass is 10.4. The predicted octanol–water partition coefficient (Wildman–Crippen LogP) is 0.856. The molecular weight excluding hydrogens is 173 g/mol. The Morgan fingerprint density at radius 3 is 2.80 bits per heavy atom. The molecule has 0 aliphatic carbocycles. The van der Waals surface area contributed by atoms with E-state index in [2.05, 4.69) is 15.3 Å². The van der Waals surface area contributed by atoms with Crippen LogP contribution in [0.2, 0.25) is 0 Å². The monoisotopic (exact) mass is 181 g/mol. The number of rotatable bonds is 0. The smallest absolute Gasteiger partial charge is 0.0926 e. The zero-order chi connectivity index (χ0) is 5.40. The normalized spacial score (nSPS) is 13.2. The van der Waals surface area contributed by atoms with Crippen LogP contribution in [-0.2, 0) is 13.1 Å². The molecule has 1 aromatic rings. The lowest BCUT2D eigenvalue weighted by Gasteiger charge is -1.82. The van der Waals surface area contributed by atoms with Gasteiger partial charge in [-0.3, -0.25) is 0 Å². The number of H-pyrrole nitrogens is 1. The Labute approximate surface area is 71.4 Å². The van der Waals surface area contributed by atoms with Crippen molar-refractivity contribution in [2.24, 2.45) is 0 Å². The van der Waals surface area contributed by atoms with Crippen LogP contribution in [-0.4, -0.2) is 9.97 Å². The van der Waals surface area contributed by atoms with Crippen LogP contribution < -0.4 is 5.32 Å². The molecule has 3 nitrogen and oxygen atoms in total. The second kappa shape index (κ2) is 3.81. The quantitative estimate of drug-likeness (QED) is 0.624. The molecule has 1 aliphatic heterocycles. The second-order valence-corrected chi connectivity index (χ2v) is 1.93. The molecule has 2 rings (SSSR count). The van der Waals surface area contributed by atoms with Gasteiger partial charge in [0.05, 0.1) is 17.7 Å². The number of nitrogens with zero attached hydrogens (tertiary/aromatic N) is 1. The Kier molecular flexibility index (Phi) is 3.71. The summed E-state index contributed by atoms with van der Waals surface area (Å²) in [5.74, 6) is 0. The highest BCUT2D eigenvalue weighted by Gasteiger charge is 2.10. The fourth-order valence-corrected chi connectivity index (χ4v) is 0.961. The van der Waals surface area contributed by atoms with Gasteiger partial charge in [0.1, 0.15) is 0 Å². The fraction of sp³-hybridized carbons (Fsp3) is 0.400. The van der Waals surface area contributed by atoms with Crippen LogP contribution in [0.3, 0.4) is 0 Å².